The summed E-state index contributed by atoms with van der Waals surface area (Å²) in [5.74, 6) is 1.75. The highest BCUT2D eigenvalue weighted by Crippen LogP contribution is 2.14. The number of hydrogen-bond donors (Lipinski definition) is 0. The van der Waals surface area contributed by atoms with Crippen molar-refractivity contribution in [1.82, 2.24) is 9.97 Å². The molecular weight excluding hydrogens is 310 g/mol. The van der Waals surface area contributed by atoms with Crippen molar-refractivity contribution in [2.24, 2.45) is 0 Å². The van der Waals surface area contributed by atoms with Gasteiger partial charge in [-0.1, -0.05) is 37.3 Å². The largest absolute Gasteiger partial charge is 0.356 e. The zero-order valence-electron chi connectivity index (χ0n) is 13.8. The fourth-order valence-corrected chi connectivity index (χ4v) is 3.47. The molecule has 0 amide bonds. The Labute approximate surface area is 138 Å². The van der Waals surface area contributed by atoms with Gasteiger partial charge in [-0.3, -0.25) is 0 Å². The Morgan fingerprint density at radius 3 is 2.52 bits per heavy atom. The summed E-state index contributed by atoms with van der Waals surface area (Å²) in [7, 11) is -1.15. The van der Waals surface area contributed by atoms with Gasteiger partial charge in [-0.15, -0.1) is 0 Å². The SMILES string of the molecule is CCS(=O)(=O)CC(C)N(C)c1ccnc(Cc2ccccc2)n1. The van der Waals surface area contributed by atoms with Crippen LogP contribution in [0.3, 0.4) is 0 Å². The summed E-state index contributed by atoms with van der Waals surface area (Å²) in [5, 5.41) is 0. The highest BCUT2D eigenvalue weighted by atomic mass is 32.2. The molecule has 124 valence electrons. The van der Waals surface area contributed by atoms with E-state index in [1.54, 1.807) is 13.1 Å². The summed E-state index contributed by atoms with van der Waals surface area (Å²) in [6.45, 7) is 3.57. The number of hydrogen-bond acceptors (Lipinski definition) is 5. The highest BCUT2D eigenvalue weighted by molar-refractivity contribution is 7.91. The van der Waals surface area contributed by atoms with E-state index in [2.05, 4.69) is 9.97 Å². The number of benzene rings is 1. The van der Waals surface area contributed by atoms with Crippen LogP contribution in [0, 0.1) is 0 Å². The predicted octanol–water partition coefficient (Wildman–Crippen LogP) is 2.33. The minimum atomic E-state index is -3.02. The lowest BCUT2D eigenvalue weighted by Gasteiger charge is -2.25. The van der Waals surface area contributed by atoms with Crippen LogP contribution in [0.4, 0.5) is 5.82 Å². The Bertz CT molecular complexity index is 733. The molecule has 0 spiro atoms. The quantitative estimate of drug-likeness (QED) is 0.778. The Morgan fingerprint density at radius 2 is 1.87 bits per heavy atom. The third-order valence-electron chi connectivity index (χ3n) is 3.85. The lowest BCUT2D eigenvalue weighted by atomic mass is 10.1. The van der Waals surface area contributed by atoms with Crippen molar-refractivity contribution in [3.8, 4) is 0 Å². The van der Waals surface area contributed by atoms with Crippen LogP contribution in [0.5, 0.6) is 0 Å². The first-order valence-corrected chi connectivity index (χ1v) is 9.52. The third-order valence-corrected chi connectivity index (χ3v) is 5.72. The van der Waals surface area contributed by atoms with E-state index in [0.717, 1.165) is 17.2 Å². The Balaban J connectivity index is 2.12. The van der Waals surface area contributed by atoms with Crippen LogP contribution in [0.1, 0.15) is 25.2 Å². The second kappa shape index (κ2) is 7.55. The van der Waals surface area contributed by atoms with E-state index in [1.807, 2.05) is 55.3 Å². The standard InChI is InChI=1S/C17H23N3O2S/c1-4-23(21,22)13-14(2)20(3)17-10-11-18-16(19-17)12-15-8-6-5-7-9-15/h5-11,14H,4,12-13H2,1-3H3. The molecule has 5 nitrogen and oxygen atoms in total. The van der Waals surface area contributed by atoms with E-state index in [1.165, 1.54) is 0 Å². The smallest absolute Gasteiger partial charge is 0.152 e. The van der Waals surface area contributed by atoms with Crippen LogP contribution < -0.4 is 4.90 Å². The topological polar surface area (TPSA) is 63.2 Å². The number of anilines is 1. The molecule has 1 heterocycles. The van der Waals surface area contributed by atoms with Gasteiger partial charge >= 0.3 is 0 Å². The molecule has 2 aromatic rings. The second-order valence-electron chi connectivity index (χ2n) is 5.65. The molecule has 0 fully saturated rings. The van der Waals surface area contributed by atoms with Crippen LogP contribution in [-0.4, -0.2) is 43.0 Å². The highest BCUT2D eigenvalue weighted by Gasteiger charge is 2.19. The lowest BCUT2D eigenvalue weighted by Crippen LogP contribution is -2.36. The molecule has 6 heteroatoms. The molecule has 2 rings (SSSR count). The van der Waals surface area contributed by atoms with E-state index in [0.29, 0.717) is 6.42 Å². The van der Waals surface area contributed by atoms with Crippen molar-refractivity contribution < 1.29 is 8.42 Å². The molecule has 0 aliphatic heterocycles. The van der Waals surface area contributed by atoms with Crippen LogP contribution in [0.2, 0.25) is 0 Å². The van der Waals surface area contributed by atoms with Gasteiger partial charge in [0.15, 0.2) is 9.84 Å². The van der Waals surface area contributed by atoms with Gasteiger partial charge in [0.2, 0.25) is 0 Å². The second-order valence-corrected chi connectivity index (χ2v) is 8.05. The maximum absolute atomic E-state index is 11.8. The van der Waals surface area contributed by atoms with Gasteiger partial charge in [0.05, 0.1) is 5.75 Å². The molecule has 1 atom stereocenters. The summed E-state index contributed by atoms with van der Waals surface area (Å²) in [5.41, 5.74) is 1.15. The maximum atomic E-state index is 11.8. The van der Waals surface area contributed by atoms with Crippen LogP contribution >= 0.6 is 0 Å². The molecule has 0 saturated carbocycles. The normalized spacial score (nSPS) is 12.8. The van der Waals surface area contributed by atoms with Gasteiger partial charge in [-0.25, -0.2) is 18.4 Å². The number of rotatable bonds is 7. The van der Waals surface area contributed by atoms with Crippen molar-refractivity contribution >= 4 is 15.7 Å². The minimum absolute atomic E-state index is 0.123. The number of aromatic nitrogens is 2. The van der Waals surface area contributed by atoms with Gasteiger partial charge in [-0.05, 0) is 18.6 Å². The van der Waals surface area contributed by atoms with Crippen LogP contribution in [0.25, 0.3) is 0 Å². The first-order valence-electron chi connectivity index (χ1n) is 7.70. The van der Waals surface area contributed by atoms with Gasteiger partial charge in [0.25, 0.3) is 0 Å². The Hall–Kier alpha value is -1.95. The summed E-state index contributed by atoms with van der Waals surface area (Å²) < 4.78 is 23.6. The summed E-state index contributed by atoms with van der Waals surface area (Å²) in [6, 6.07) is 11.7. The van der Waals surface area contributed by atoms with E-state index < -0.39 is 9.84 Å². The molecule has 0 saturated heterocycles. The Kier molecular flexibility index (Phi) is 5.71. The average Bonchev–Trinajstić information content (AvgIpc) is 2.55. The molecule has 1 aromatic carbocycles. The molecule has 0 N–H and O–H groups in total. The summed E-state index contributed by atoms with van der Waals surface area (Å²) in [4.78, 5) is 10.8. The van der Waals surface area contributed by atoms with E-state index in [9.17, 15) is 8.42 Å². The molecular formula is C17H23N3O2S. The van der Waals surface area contributed by atoms with Gasteiger partial charge in [-0.2, -0.15) is 0 Å². The number of sulfone groups is 1. The van der Waals surface area contributed by atoms with E-state index in [-0.39, 0.29) is 17.5 Å². The van der Waals surface area contributed by atoms with Gasteiger partial charge in [0, 0.05) is 31.5 Å². The van der Waals surface area contributed by atoms with E-state index >= 15 is 0 Å². The first-order chi connectivity index (χ1) is 10.9. The van der Waals surface area contributed by atoms with Crippen molar-refractivity contribution in [1.29, 1.82) is 0 Å². The van der Waals surface area contributed by atoms with Crippen molar-refractivity contribution in [3.63, 3.8) is 0 Å². The fraction of sp³-hybridized carbons (Fsp3) is 0.412. The molecule has 0 aliphatic rings. The van der Waals surface area contributed by atoms with E-state index in [4.69, 9.17) is 0 Å². The third kappa shape index (κ3) is 5.03. The molecule has 1 unspecified atom stereocenters. The molecule has 23 heavy (non-hydrogen) atoms. The van der Waals surface area contributed by atoms with Gasteiger partial charge in [0.1, 0.15) is 11.6 Å². The molecule has 0 bridgehead atoms. The van der Waals surface area contributed by atoms with Crippen molar-refractivity contribution in [2.45, 2.75) is 26.3 Å². The lowest BCUT2D eigenvalue weighted by molar-refractivity contribution is 0.588. The van der Waals surface area contributed by atoms with Gasteiger partial charge < -0.3 is 4.90 Å². The molecule has 0 radical (unpaired) electrons. The average molecular weight is 333 g/mol. The summed E-state index contributed by atoms with van der Waals surface area (Å²) >= 11 is 0. The van der Waals surface area contributed by atoms with Crippen molar-refractivity contribution in [2.75, 3.05) is 23.5 Å². The molecule has 1 aromatic heterocycles. The Morgan fingerprint density at radius 1 is 1.17 bits per heavy atom. The zero-order valence-corrected chi connectivity index (χ0v) is 14.6. The monoisotopic (exact) mass is 333 g/mol. The summed E-state index contributed by atoms with van der Waals surface area (Å²) in [6.07, 6.45) is 2.38. The number of nitrogens with zero attached hydrogens (tertiary/aromatic N) is 3. The maximum Gasteiger partial charge on any atom is 0.152 e. The fourth-order valence-electron chi connectivity index (χ4n) is 2.27. The zero-order chi connectivity index (χ0) is 16.9. The predicted molar refractivity (Wildman–Crippen MR) is 93.5 cm³/mol. The molecule has 0 aliphatic carbocycles. The van der Waals surface area contributed by atoms with Crippen LogP contribution in [0.15, 0.2) is 42.6 Å². The first kappa shape index (κ1) is 17.4. The van der Waals surface area contributed by atoms with Crippen LogP contribution in [-0.2, 0) is 16.3 Å². The van der Waals surface area contributed by atoms with Crippen molar-refractivity contribution in [3.05, 3.63) is 54.0 Å². The minimum Gasteiger partial charge on any atom is -0.356 e.